The first kappa shape index (κ1) is 12.2. The van der Waals surface area contributed by atoms with Gasteiger partial charge in [0.15, 0.2) is 0 Å². The van der Waals surface area contributed by atoms with Gasteiger partial charge >= 0.3 is 11.9 Å². The number of carbonyl (C=O) groups is 3. The zero-order chi connectivity index (χ0) is 12.1. The minimum atomic E-state index is -0.867. The van der Waals surface area contributed by atoms with E-state index in [1.165, 1.54) is 0 Å². The summed E-state index contributed by atoms with van der Waals surface area (Å²) in [5.74, 6) is -1.85. The summed E-state index contributed by atoms with van der Waals surface area (Å²) in [6, 6.07) is 0. The van der Waals surface area contributed by atoms with Crippen LogP contribution >= 0.6 is 0 Å². The van der Waals surface area contributed by atoms with Crippen molar-refractivity contribution in [2.45, 2.75) is 13.0 Å². The smallest absolute Gasteiger partial charge is 0.347 e. The fourth-order valence-electron chi connectivity index (χ4n) is 1.19. The molecule has 0 spiro atoms. The average Bonchev–Trinajstić information content (AvgIpc) is 2.57. The van der Waals surface area contributed by atoms with Crippen LogP contribution < -0.4 is 5.32 Å². The monoisotopic (exact) mass is 227 g/mol. The van der Waals surface area contributed by atoms with Crippen molar-refractivity contribution in [3.8, 4) is 0 Å². The van der Waals surface area contributed by atoms with Crippen molar-refractivity contribution in [1.29, 1.82) is 0 Å². The van der Waals surface area contributed by atoms with Crippen molar-refractivity contribution < 1.29 is 23.9 Å². The molecule has 6 nitrogen and oxygen atoms in total. The van der Waals surface area contributed by atoms with Gasteiger partial charge in [0, 0.05) is 5.92 Å². The zero-order valence-corrected chi connectivity index (χ0v) is 8.89. The lowest BCUT2D eigenvalue weighted by Gasteiger charge is -2.12. The number of carbonyl (C=O) groups excluding carboxylic acids is 3. The fraction of sp³-hybridized carbons (Fsp3) is 0.500. The molecule has 0 radical (unpaired) electrons. The maximum atomic E-state index is 11.2. The van der Waals surface area contributed by atoms with E-state index in [-0.39, 0.29) is 19.1 Å². The first-order chi connectivity index (χ1) is 7.54. The molecule has 0 bridgehead atoms. The number of cyclic esters (lactones) is 1. The molecule has 1 saturated heterocycles. The van der Waals surface area contributed by atoms with E-state index >= 15 is 0 Å². The van der Waals surface area contributed by atoms with Gasteiger partial charge in [0.1, 0.15) is 6.54 Å². The average molecular weight is 227 g/mol. The molecule has 16 heavy (non-hydrogen) atoms. The van der Waals surface area contributed by atoms with Crippen LogP contribution in [0.1, 0.15) is 6.92 Å². The van der Waals surface area contributed by atoms with Crippen LogP contribution in [0.4, 0.5) is 0 Å². The second-order valence-corrected chi connectivity index (χ2v) is 3.44. The summed E-state index contributed by atoms with van der Waals surface area (Å²) in [6.45, 7) is 4.92. The maximum absolute atomic E-state index is 11.2. The van der Waals surface area contributed by atoms with E-state index in [1.54, 1.807) is 6.92 Å². The second-order valence-electron chi connectivity index (χ2n) is 3.44. The summed E-state index contributed by atoms with van der Waals surface area (Å²) in [6.07, 6.45) is 0.174. The summed E-state index contributed by atoms with van der Waals surface area (Å²) < 4.78 is 9.57. The Labute approximate surface area is 92.6 Å². The highest BCUT2D eigenvalue weighted by molar-refractivity contribution is 5.90. The van der Waals surface area contributed by atoms with E-state index in [1.807, 2.05) is 0 Å². The number of hydrogen-bond acceptors (Lipinski definition) is 5. The highest BCUT2D eigenvalue weighted by atomic mass is 16.6. The van der Waals surface area contributed by atoms with Crippen molar-refractivity contribution in [3.05, 3.63) is 12.7 Å². The molecule has 1 aliphatic rings. The van der Waals surface area contributed by atoms with Crippen LogP contribution in [0.2, 0.25) is 0 Å². The van der Waals surface area contributed by atoms with Gasteiger partial charge in [0.2, 0.25) is 12.0 Å². The van der Waals surface area contributed by atoms with Crippen molar-refractivity contribution >= 4 is 17.8 Å². The Morgan fingerprint density at radius 3 is 2.88 bits per heavy atom. The van der Waals surface area contributed by atoms with Gasteiger partial charge in [0.05, 0.1) is 6.61 Å². The quantitative estimate of drug-likeness (QED) is 0.512. The normalized spacial score (nSPS) is 23.4. The summed E-state index contributed by atoms with van der Waals surface area (Å²) in [4.78, 5) is 33.1. The highest BCUT2D eigenvalue weighted by Crippen LogP contribution is 2.17. The van der Waals surface area contributed by atoms with E-state index in [4.69, 9.17) is 9.47 Å². The van der Waals surface area contributed by atoms with E-state index in [9.17, 15) is 14.4 Å². The highest BCUT2D eigenvalue weighted by Gasteiger charge is 2.37. The number of nitrogens with one attached hydrogen (secondary N) is 1. The molecule has 0 aromatic heterocycles. The van der Waals surface area contributed by atoms with Gasteiger partial charge in [-0.25, -0.2) is 4.79 Å². The third kappa shape index (κ3) is 3.08. The minimum Gasteiger partial charge on any atom is -0.462 e. The molecular formula is C10H13NO5. The lowest BCUT2D eigenvalue weighted by Crippen LogP contribution is -2.34. The number of ether oxygens (including phenoxy) is 2. The number of hydrogen-bond donors (Lipinski definition) is 1. The molecule has 0 saturated carbocycles. The lowest BCUT2D eigenvalue weighted by atomic mass is 10.1. The Bertz CT molecular complexity index is 325. The van der Waals surface area contributed by atoms with E-state index in [0.29, 0.717) is 0 Å². The zero-order valence-electron chi connectivity index (χ0n) is 8.89. The largest absolute Gasteiger partial charge is 0.462 e. The lowest BCUT2D eigenvalue weighted by molar-refractivity contribution is -0.160. The summed E-state index contributed by atoms with van der Waals surface area (Å²) in [5, 5.41) is 2.25. The standard InChI is InChI=1S/C10H13NO5/c1-3-7(12)11-4-8(13)16-9-6(2)5-15-10(9)14/h3,6,9H,1,4-5H2,2H3,(H,11,12). The molecule has 1 rings (SSSR count). The predicted molar refractivity (Wildman–Crippen MR) is 53.2 cm³/mol. The molecule has 1 amide bonds. The Kier molecular flexibility index (Phi) is 4.04. The first-order valence-corrected chi connectivity index (χ1v) is 4.81. The van der Waals surface area contributed by atoms with Crippen molar-refractivity contribution in [1.82, 2.24) is 5.32 Å². The Balaban J connectivity index is 2.36. The van der Waals surface area contributed by atoms with Crippen molar-refractivity contribution in [2.75, 3.05) is 13.2 Å². The van der Waals surface area contributed by atoms with Gasteiger partial charge in [-0.15, -0.1) is 0 Å². The van der Waals surface area contributed by atoms with Gasteiger partial charge in [-0.05, 0) is 6.08 Å². The number of rotatable bonds is 4. The molecule has 1 heterocycles. The van der Waals surface area contributed by atoms with Crippen LogP contribution in [0.25, 0.3) is 0 Å². The van der Waals surface area contributed by atoms with Crippen LogP contribution in [0.3, 0.4) is 0 Å². The number of amides is 1. The topological polar surface area (TPSA) is 81.7 Å². The van der Waals surface area contributed by atoms with Crippen molar-refractivity contribution in [2.24, 2.45) is 5.92 Å². The molecule has 1 aliphatic heterocycles. The predicted octanol–water partition coefficient (Wildman–Crippen LogP) is -0.607. The summed E-state index contributed by atoms with van der Waals surface area (Å²) >= 11 is 0. The molecule has 0 aromatic rings. The van der Waals surface area contributed by atoms with E-state index < -0.39 is 23.9 Å². The Hall–Kier alpha value is -1.85. The maximum Gasteiger partial charge on any atom is 0.347 e. The van der Waals surface area contributed by atoms with Crippen LogP contribution in [-0.2, 0) is 23.9 Å². The third-order valence-electron chi connectivity index (χ3n) is 2.09. The van der Waals surface area contributed by atoms with Gasteiger partial charge in [-0.2, -0.15) is 0 Å². The molecule has 6 heteroatoms. The molecule has 1 fully saturated rings. The van der Waals surface area contributed by atoms with Crippen LogP contribution in [0, 0.1) is 5.92 Å². The molecule has 1 N–H and O–H groups in total. The van der Waals surface area contributed by atoms with Gasteiger partial charge in [0.25, 0.3) is 0 Å². The molecule has 0 aromatic carbocycles. The van der Waals surface area contributed by atoms with Crippen LogP contribution in [0.15, 0.2) is 12.7 Å². The van der Waals surface area contributed by atoms with Crippen LogP contribution in [-0.4, -0.2) is 37.1 Å². The first-order valence-electron chi connectivity index (χ1n) is 4.81. The van der Waals surface area contributed by atoms with E-state index in [2.05, 4.69) is 11.9 Å². The Morgan fingerprint density at radius 1 is 1.69 bits per heavy atom. The van der Waals surface area contributed by atoms with Gasteiger partial charge < -0.3 is 14.8 Å². The molecule has 2 atom stereocenters. The number of esters is 2. The summed E-state index contributed by atoms with van der Waals surface area (Å²) in [7, 11) is 0. The van der Waals surface area contributed by atoms with E-state index in [0.717, 1.165) is 6.08 Å². The molecule has 0 aliphatic carbocycles. The molecule has 88 valence electrons. The summed E-state index contributed by atoms with van der Waals surface area (Å²) in [5.41, 5.74) is 0. The van der Waals surface area contributed by atoms with Crippen molar-refractivity contribution in [3.63, 3.8) is 0 Å². The molecular weight excluding hydrogens is 214 g/mol. The third-order valence-corrected chi connectivity index (χ3v) is 2.09. The van der Waals surface area contributed by atoms with Gasteiger partial charge in [-0.1, -0.05) is 13.5 Å². The SMILES string of the molecule is C=CC(=O)NCC(=O)OC1C(=O)OCC1C. The Morgan fingerprint density at radius 2 is 2.38 bits per heavy atom. The molecule has 2 unspecified atom stereocenters. The van der Waals surface area contributed by atoms with Gasteiger partial charge in [-0.3, -0.25) is 9.59 Å². The fourth-order valence-corrected chi connectivity index (χ4v) is 1.19. The minimum absolute atomic E-state index is 0.161. The second kappa shape index (κ2) is 5.29. The van der Waals surface area contributed by atoms with Crippen LogP contribution in [0.5, 0.6) is 0 Å².